The van der Waals surface area contributed by atoms with E-state index < -0.39 is 0 Å². The monoisotopic (exact) mass is 240 g/mol. The van der Waals surface area contributed by atoms with E-state index in [4.69, 9.17) is 11.1 Å². The Morgan fingerprint density at radius 3 is 1.20 bits per heavy atom. The minimum absolute atomic E-state index is 0.179. The fourth-order valence-electron chi connectivity index (χ4n) is 0.786. The Bertz CT molecular complexity index is 195. The van der Waals surface area contributed by atoms with Gasteiger partial charge in [0.25, 0.3) is 0 Å². The maximum absolute atomic E-state index is 5.48. The van der Waals surface area contributed by atoms with Crippen LogP contribution >= 0.6 is 11.1 Å². The molecule has 0 atom stereocenters. The van der Waals surface area contributed by atoms with Gasteiger partial charge in [-0.3, -0.25) is 0 Å². The van der Waals surface area contributed by atoms with Crippen molar-refractivity contribution in [3.8, 4) is 0 Å². The lowest BCUT2D eigenvalue weighted by molar-refractivity contribution is 1.07. The topological polar surface area (TPSA) is 0 Å². The van der Waals surface area contributed by atoms with Crippen molar-refractivity contribution in [1.29, 1.82) is 0 Å². The second kappa shape index (κ2) is 11.5. The van der Waals surface area contributed by atoms with Gasteiger partial charge in [-0.1, -0.05) is 62.5 Å². The van der Waals surface area contributed by atoms with Crippen molar-refractivity contribution >= 4 is 19.9 Å². The van der Waals surface area contributed by atoms with Crippen LogP contribution in [-0.2, 0) is 0 Å². The zero-order chi connectivity index (χ0) is 11.4. The lowest BCUT2D eigenvalue weighted by atomic mass is 10.5. The molecule has 0 saturated carbocycles. The van der Waals surface area contributed by atoms with Crippen LogP contribution in [-0.4, -0.2) is 8.83 Å². The minimum atomic E-state index is -0.179. The molecule has 84 valence electrons. The second-order valence-electron chi connectivity index (χ2n) is 3.73. The van der Waals surface area contributed by atoms with E-state index in [1.807, 2.05) is 0 Å². The number of hydrogen-bond acceptors (Lipinski definition) is 0. The average Bonchev–Trinajstić information content (AvgIpc) is 2.96. The van der Waals surface area contributed by atoms with Crippen LogP contribution in [0.25, 0.3) is 0 Å². The normalized spacial score (nSPS) is 15.7. The summed E-state index contributed by atoms with van der Waals surface area (Å²) in [6.45, 7) is 4.30. The molecule has 2 aliphatic carbocycles. The van der Waals surface area contributed by atoms with Gasteiger partial charge < -0.3 is 0 Å². The Morgan fingerprint density at radius 1 is 0.867 bits per heavy atom. The van der Waals surface area contributed by atoms with E-state index in [0.29, 0.717) is 0 Å². The zero-order valence-electron chi connectivity index (χ0n) is 9.70. The first-order chi connectivity index (χ1) is 7.27. The Hall–Kier alpha value is -0.533. The first-order valence-electron chi connectivity index (χ1n) is 5.46. The molecular formula is C13H21ClSi. The van der Waals surface area contributed by atoms with E-state index in [9.17, 15) is 0 Å². The van der Waals surface area contributed by atoms with Crippen LogP contribution < -0.4 is 0 Å². The molecule has 0 fully saturated rings. The summed E-state index contributed by atoms with van der Waals surface area (Å²) in [5, 5.41) is 0. The summed E-state index contributed by atoms with van der Waals surface area (Å²) in [5.41, 5.74) is 0.789. The highest BCUT2D eigenvalue weighted by Crippen LogP contribution is 1.96. The molecule has 2 rings (SSSR count). The minimum Gasteiger partial charge on any atom is -0.176 e. The maximum atomic E-state index is 5.48. The van der Waals surface area contributed by atoms with E-state index in [2.05, 4.69) is 62.5 Å². The predicted molar refractivity (Wildman–Crippen MR) is 75.3 cm³/mol. The van der Waals surface area contributed by atoms with Crippen LogP contribution in [0.3, 0.4) is 0 Å². The van der Waals surface area contributed by atoms with Gasteiger partial charge in [0.15, 0.2) is 0 Å². The summed E-state index contributed by atoms with van der Waals surface area (Å²) in [5.74, 6) is 0. The quantitative estimate of drug-likeness (QED) is 0.477. The van der Waals surface area contributed by atoms with Gasteiger partial charge in [-0.05, 0) is 18.4 Å². The molecule has 15 heavy (non-hydrogen) atoms. The molecule has 0 aliphatic heterocycles. The molecule has 0 saturated heterocycles. The van der Waals surface area contributed by atoms with Gasteiger partial charge in [0.1, 0.15) is 8.83 Å². The van der Waals surface area contributed by atoms with Gasteiger partial charge in [0.2, 0.25) is 0 Å². The summed E-state index contributed by atoms with van der Waals surface area (Å²) < 4.78 is 0. The highest BCUT2D eigenvalue weighted by atomic mass is 35.6. The van der Waals surface area contributed by atoms with Gasteiger partial charge in [0.05, 0.1) is 0 Å². The molecule has 0 spiro atoms. The number of halogens is 1. The van der Waals surface area contributed by atoms with Crippen LogP contribution in [0, 0.1) is 0 Å². The van der Waals surface area contributed by atoms with Gasteiger partial charge in [0, 0.05) is 0 Å². The first-order valence-corrected chi connectivity index (χ1v) is 8.42. The first kappa shape index (κ1) is 14.5. The highest BCUT2D eigenvalue weighted by molar-refractivity contribution is 6.94. The second-order valence-corrected chi connectivity index (χ2v) is 6.60. The zero-order valence-corrected chi connectivity index (χ0v) is 11.9. The van der Waals surface area contributed by atoms with E-state index >= 15 is 0 Å². The van der Waals surface area contributed by atoms with Gasteiger partial charge in [-0.25, -0.2) is 0 Å². The van der Waals surface area contributed by atoms with Gasteiger partial charge in [-0.15, -0.1) is 0 Å². The van der Waals surface area contributed by atoms with Crippen molar-refractivity contribution in [3.05, 3.63) is 48.6 Å². The van der Waals surface area contributed by atoms with Crippen molar-refractivity contribution in [1.82, 2.24) is 0 Å². The average molecular weight is 241 g/mol. The third-order valence-corrected chi connectivity index (χ3v) is 4.09. The summed E-state index contributed by atoms with van der Waals surface area (Å²) in [6, 6.07) is 0. The van der Waals surface area contributed by atoms with E-state index in [-0.39, 0.29) is 8.83 Å². The Morgan fingerprint density at radius 2 is 1.13 bits per heavy atom. The molecule has 0 bridgehead atoms. The third kappa shape index (κ3) is 13.5. The Kier molecular flexibility index (Phi) is 11.1. The Balaban J connectivity index is 0.000000196. The summed E-state index contributed by atoms with van der Waals surface area (Å²) in [4.78, 5) is 0. The molecule has 2 aliphatic rings. The van der Waals surface area contributed by atoms with Crippen molar-refractivity contribution in [2.24, 2.45) is 0 Å². The van der Waals surface area contributed by atoms with Crippen LogP contribution in [0.15, 0.2) is 48.6 Å². The molecule has 0 aromatic heterocycles. The molecule has 0 radical (unpaired) electrons. The molecule has 0 unspecified atom stereocenters. The largest absolute Gasteiger partial charge is 0.176 e. The van der Waals surface area contributed by atoms with Crippen molar-refractivity contribution in [2.45, 2.75) is 32.2 Å². The van der Waals surface area contributed by atoms with Crippen molar-refractivity contribution in [3.63, 3.8) is 0 Å². The van der Waals surface area contributed by atoms with Crippen molar-refractivity contribution < 1.29 is 0 Å². The number of hydrogen-bond donors (Lipinski definition) is 0. The van der Waals surface area contributed by atoms with Crippen LogP contribution in [0.1, 0.15) is 26.7 Å². The molecule has 0 N–H and O–H groups in total. The number of rotatable bonds is 1. The molecule has 2 heteroatoms. The molecule has 0 heterocycles. The van der Waals surface area contributed by atoms with Crippen LogP contribution in [0.5, 0.6) is 0 Å². The summed E-state index contributed by atoms with van der Waals surface area (Å²) in [7, 11) is -0.179. The molecule has 0 nitrogen and oxygen atoms in total. The molecule has 0 aromatic rings. The van der Waals surface area contributed by atoms with E-state index in [1.165, 1.54) is 0 Å². The lowest BCUT2D eigenvalue weighted by Gasteiger charge is -1.87. The molecule has 0 aromatic carbocycles. The third-order valence-electron chi connectivity index (χ3n) is 1.62. The summed E-state index contributed by atoms with van der Waals surface area (Å²) in [6.07, 6.45) is 19.0. The van der Waals surface area contributed by atoms with E-state index in [1.54, 1.807) is 0 Å². The van der Waals surface area contributed by atoms with Gasteiger partial charge >= 0.3 is 0 Å². The lowest BCUT2D eigenvalue weighted by Crippen LogP contribution is -1.80. The molecular weight excluding hydrogens is 220 g/mol. The SMILES string of the molecule is C1=CCC=C1.C1=CCC=C1.CC(C)[SiH2]Cl. The Labute approximate surface area is 101 Å². The highest BCUT2D eigenvalue weighted by Gasteiger charge is 1.84. The smallest absolute Gasteiger partial charge is 0.127 e. The van der Waals surface area contributed by atoms with E-state index in [0.717, 1.165) is 18.4 Å². The molecule has 0 amide bonds. The number of allylic oxidation sites excluding steroid dienone is 8. The standard InChI is InChI=1S/2C5H6.C3H9ClSi/c2*1-2-4-5-3-1;1-3(2)5-4/h2*1-4H,5H2;3H,5H2,1-2H3. The predicted octanol–water partition coefficient (Wildman–Crippen LogP) is 4.14. The fraction of sp³-hybridized carbons (Fsp3) is 0.385. The summed E-state index contributed by atoms with van der Waals surface area (Å²) >= 11 is 5.48. The van der Waals surface area contributed by atoms with Crippen LogP contribution in [0.2, 0.25) is 5.54 Å². The van der Waals surface area contributed by atoms with Crippen molar-refractivity contribution in [2.75, 3.05) is 0 Å². The fourth-order valence-corrected chi connectivity index (χ4v) is 0.786. The van der Waals surface area contributed by atoms with Crippen LogP contribution in [0.4, 0.5) is 0 Å². The maximum Gasteiger partial charge on any atom is 0.127 e. The van der Waals surface area contributed by atoms with Gasteiger partial charge in [-0.2, -0.15) is 11.1 Å².